The Kier molecular flexibility index (Phi) is 2.65. The minimum Gasteiger partial charge on any atom is -0.333 e. The van der Waals surface area contributed by atoms with Crippen molar-refractivity contribution in [2.75, 3.05) is 0 Å². The van der Waals surface area contributed by atoms with Crippen LogP contribution in [0.25, 0.3) is 28.0 Å². The van der Waals surface area contributed by atoms with Crippen molar-refractivity contribution in [1.29, 1.82) is 0 Å². The van der Waals surface area contributed by atoms with Crippen molar-refractivity contribution < 1.29 is 8.93 Å². The fraction of sp³-hybridized carbons (Fsp3) is 0. The fourth-order valence-electron chi connectivity index (χ4n) is 2.41. The van der Waals surface area contributed by atoms with Crippen LogP contribution in [0.5, 0.6) is 0 Å². The Balaban J connectivity index is 2.26. The molecule has 0 atom stereocenters. The lowest BCUT2D eigenvalue weighted by Crippen LogP contribution is -2.30. The number of nitrogens with zero attached hydrogens (tertiary/aromatic N) is 2. The highest BCUT2D eigenvalue weighted by atomic mass is 79.9. The molecule has 21 heavy (non-hydrogen) atoms. The van der Waals surface area contributed by atoms with E-state index in [4.69, 9.17) is 4.42 Å². The molecule has 4 rings (SSSR count). The van der Waals surface area contributed by atoms with Gasteiger partial charge in [-0.15, -0.1) is 0 Å². The number of fused-ring (bicyclic) bond motifs is 2. The Morgan fingerprint density at radius 3 is 2.76 bits per heavy atom. The molecule has 5 nitrogen and oxygen atoms in total. The van der Waals surface area contributed by atoms with Gasteiger partial charge in [-0.3, -0.25) is 0 Å². The number of aromatic nitrogens is 3. The van der Waals surface area contributed by atoms with E-state index < -0.39 is 5.76 Å². The van der Waals surface area contributed by atoms with Gasteiger partial charge in [-0.1, -0.05) is 50.8 Å². The first-order valence-electron chi connectivity index (χ1n) is 6.32. The van der Waals surface area contributed by atoms with Crippen molar-refractivity contribution in [3.63, 3.8) is 0 Å². The number of hydrogen-bond donors (Lipinski definition) is 1. The zero-order valence-electron chi connectivity index (χ0n) is 10.7. The van der Waals surface area contributed by atoms with Crippen molar-refractivity contribution in [2.24, 2.45) is 0 Å². The van der Waals surface area contributed by atoms with E-state index in [1.807, 2.05) is 48.5 Å². The third-order valence-corrected chi connectivity index (χ3v) is 3.77. The van der Waals surface area contributed by atoms with Crippen molar-refractivity contribution in [1.82, 2.24) is 10.1 Å². The van der Waals surface area contributed by atoms with E-state index in [-0.39, 0.29) is 5.84 Å². The monoisotopic (exact) mass is 342 g/mol. The summed E-state index contributed by atoms with van der Waals surface area (Å²) in [6, 6.07) is 15.6. The van der Waals surface area contributed by atoms with Crippen LogP contribution < -0.4 is 10.3 Å². The third-order valence-electron chi connectivity index (χ3n) is 3.28. The first kappa shape index (κ1) is 12.3. The summed E-state index contributed by atoms with van der Waals surface area (Å²) in [5.41, 5.74) is 2.57. The van der Waals surface area contributed by atoms with E-state index in [1.165, 1.54) is 0 Å². The molecule has 0 aliphatic heterocycles. The molecule has 0 saturated heterocycles. The van der Waals surface area contributed by atoms with Crippen LogP contribution >= 0.6 is 15.9 Å². The highest BCUT2D eigenvalue weighted by Gasteiger charge is 2.22. The molecule has 2 aromatic carbocycles. The van der Waals surface area contributed by atoms with Crippen LogP contribution in [-0.4, -0.2) is 10.1 Å². The number of benzene rings is 2. The van der Waals surface area contributed by atoms with Crippen LogP contribution in [0.1, 0.15) is 0 Å². The first-order chi connectivity index (χ1) is 10.2. The van der Waals surface area contributed by atoms with Crippen molar-refractivity contribution >= 4 is 32.7 Å². The quantitative estimate of drug-likeness (QED) is 0.541. The summed E-state index contributed by atoms with van der Waals surface area (Å²) in [6.07, 6.45) is 0. The van der Waals surface area contributed by atoms with Crippen molar-refractivity contribution in [3.05, 3.63) is 63.6 Å². The molecule has 4 aromatic rings. The summed E-state index contributed by atoms with van der Waals surface area (Å²) in [5, 5.41) is 3.58. The van der Waals surface area contributed by atoms with Gasteiger partial charge in [-0.25, -0.2) is 4.79 Å². The van der Waals surface area contributed by atoms with E-state index in [0.717, 1.165) is 26.6 Å². The van der Waals surface area contributed by atoms with Gasteiger partial charge in [-0.2, -0.15) is 5.10 Å². The normalized spacial score (nSPS) is 11.3. The molecule has 102 valence electrons. The van der Waals surface area contributed by atoms with Crippen LogP contribution in [0.3, 0.4) is 0 Å². The zero-order chi connectivity index (χ0) is 14.4. The van der Waals surface area contributed by atoms with E-state index in [2.05, 4.69) is 26.0 Å². The summed E-state index contributed by atoms with van der Waals surface area (Å²) in [6.45, 7) is 0. The Bertz CT molecular complexity index is 1020. The van der Waals surface area contributed by atoms with Gasteiger partial charge in [0.15, 0.2) is 11.2 Å². The third kappa shape index (κ3) is 1.95. The minimum atomic E-state index is -0.533. The molecule has 0 radical (unpaired) electrons. The summed E-state index contributed by atoms with van der Waals surface area (Å²) in [4.78, 5) is 15.9. The van der Waals surface area contributed by atoms with Crippen LogP contribution in [0.15, 0.2) is 62.2 Å². The Morgan fingerprint density at radius 1 is 1.14 bits per heavy atom. The second-order valence-corrected chi connectivity index (χ2v) is 5.52. The Labute approximate surface area is 127 Å². The molecule has 0 saturated carbocycles. The summed E-state index contributed by atoms with van der Waals surface area (Å²) in [5.74, 6) is -0.289. The second kappa shape index (κ2) is 4.53. The Morgan fingerprint density at radius 2 is 1.95 bits per heavy atom. The molecule has 0 bridgehead atoms. The van der Waals surface area contributed by atoms with E-state index in [1.54, 1.807) is 4.52 Å². The lowest BCUT2D eigenvalue weighted by molar-refractivity contribution is -0.570. The molecule has 0 aliphatic carbocycles. The van der Waals surface area contributed by atoms with Gasteiger partial charge >= 0.3 is 11.6 Å². The molecule has 0 fully saturated rings. The number of rotatable bonds is 1. The molecule has 0 amide bonds. The maximum atomic E-state index is 11.5. The SMILES string of the molecule is O=c1[nH][n+]2c(-c3ccccc3)c3cc(Br)ccc3nc2o1. The molecule has 0 spiro atoms. The van der Waals surface area contributed by atoms with Crippen LogP contribution in [0, 0.1) is 0 Å². The molecule has 2 aromatic heterocycles. The lowest BCUT2D eigenvalue weighted by atomic mass is 10.1. The minimum absolute atomic E-state index is 0.244. The van der Waals surface area contributed by atoms with Gasteiger partial charge < -0.3 is 4.42 Å². The number of halogens is 1. The molecule has 0 unspecified atom stereocenters. The standard InChI is InChI=1S/C15H8BrN3O2/c16-10-6-7-12-11(8-10)13(9-4-2-1-3-5-9)19-14(17-12)21-15(20)18-19/h1-8H/p+1. The summed E-state index contributed by atoms with van der Waals surface area (Å²) < 4.78 is 7.62. The van der Waals surface area contributed by atoms with Crippen LogP contribution in [-0.2, 0) is 0 Å². The average Bonchev–Trinajstić information content (AvgIpc) is 2.85. The second-order valence-electron chi connectivity index (χ2n) is 4.61. The van der Waals surface area contributed by atoms with Gasteiger partial charge in [0, 0.05) is 10.0 Å². The van der Waals surface area contributed by atoms with Gasteiger partial charge in [0.2, 0.25) is 0 Å². The summed E-state index contributed by atoms with van der Waals surface area (Å²) in [7, 11) is 0. The first-order valence-corrected chi connectivity index (χ1v) is 7.11. The number of hydrogen-bond acceptors (Lipinski definition) is 3. The molecular formula is C15H9BrN3O2+. The predicted octanol–water partition coefficient (Wildman–Crippen LogP) is 2.68. The molecule has 6 heteroatoms. The van der Waals surface area contributed by atoms with Gasteiger partial charge in [0.1, 0.15) is 0 Å². The number of nitrogens with one attached hydrogen (secondary N) is 1. The van der Waals surface area contributed by atoms with Crippen LogP contribution in [0.4, 0.5) is 0 Å². The molecule has 0 aliphatic rings. The summed E-state index contributed by atoms with van der Waals surface area (Å²) >= 11 is 3.48. The Hall–Kier alpha value is -2.47. The largest absolute Gasteiger partial charge is 0.533 e. The van der Waals surface area contributed by atoms with Gasteiger partial charge in [-0.05, 0) is 23.2 Å². The van der Waals surface area contributed by atoms with E-state index in [9.17, 15) is 4.79 Å². The smallest absolute Gasteiger partial charge is 0.333 e. The van der Waals surface area contributed by atoms with Gasteiger partial charge in [0.25, 0.3) is 0 Å². The van der Waals surface area contributed by atoms with Crippen molar-refractivity contribution in [3.8, 4) is 11.3 Å². The maximum Gasteiger partial charge on any atom is 0.533 e. The van der Waals surface area contributed by atoms with E-state index >= 15 is 0 Å². The zero-order valence-corrected chi connectivity index (χ0v) is 12.3. The predicted molar refractivity (Wildman–Crippen MR) is 80.9 cm³/mol. The fourth-order valence-corrected chi connectivity index (χ4v) is 2.78. The van der Waals surface area contributed by atoms with Gasteiger partial charge in [0.05, 0.1) is 5.39 Å². The van der Waals surface area contributed by atoms with Crippen LogP contribution in [0.2, 0.25) is 0 Å². The highest BCUT2D eigenvalue weighted by molar-refractivity contribution is 9.10. The maximum absolute atomic E-state index is 11.5. The topological polar surface area (TPSA) is 63.0 Å². The molecule has 2 heterocycles. The molecule has 1 N–H and O–H groups in total. The van der Waals surface area contributed by atoms with Crippen molar-refractivity contribution in [2.45, 2.75) is 0 Å². The average molecular weight is 343 g/mol. The lowest BCUT2D eigenvalue weighted by Gasteiger charge is -2.02. The van der Waals surface area contributed by atoms with E-state index in [0.29, 0.717) is 0 Å². The highest BCUT2D eigenvalue weighted by Crippen LogP contribution is 2.27. The number of aromatic amines is 1. The molecular weight excluding hydrogens is 334 g/mol. The number of H-pyrrole nitrogens is 1.